The number of rotatable bonds is 5. The Balaban J connectivity index is 1.27. The zero-order chi connectivity index (χ0) is 21.4. The lowest BCUT2D eigenvalue weighted by molar-refractivity contribution is 0.0943. The number of aryl methyl sites for hydroxylation is 1. The second-order valence-corrected chi connectivity index (χ2v) is 8.10. The molecular formula is C25H25N3O3. The molecule has 158 valence electrons. The van der Waals surface area contributed by atoms with E-state index in [1.807, 2.05) is 6.07 Å². The van der Waals surface area contributed by atoms with Gasteiger partial charge >= 0.3 is 0 Å². The van der Waals surface area contributed by atoms with Crippen LogP contribution in [0.2, 0.25) is 0 Å². The summed E-state index contributed by atoms with van der Waals surface area (Å²) in [5.74, 6) is 1.42. The van der Waals surface area contributed by atoms with Crippen LogP contribution in [0.25, 0.3) is 0 Å². The molecule has 5 rings (SSSR count). The second kappa shape index (κ2) is 7.95. The standard InChI is InChI=1S/C25H25N3O3/c1-16-24(17(2)28(27-16)14-18-6-4-3-5-7-18)19-8-10-21(12-19)26-25(29)20-9-11-22-23(13-20)31-15-30-22/h3-11,13,19,21H,12,14-15H2,1-2H3,(H,26,29). The van der Waals surface area contributed by atoms with Crippen molar-refractivity contribution in [2.45, 2.75) is 38.8 Å². The zero-order valence-corrected chi connectivity index (χ0v) is 17.7. The summed E-state index contributed by atoms with van der Waals surface area (Å²) < 4.78 is 12.8. The maximum atomic E-state index is 12.7. The van der Waals surface area contributed by atoms with E-state index in [4.69, 9.17) is 14.6 Å². The molecule has 1 aromatic heterocycles. The number of aromatic nitrogens is 2. The van der Waals surface area contributed by atoms with Gasteiger partial charge in [0.25, 0.3) is 5.91 Å². The van der Waals surface area contributed by atoms with Crippen LogP contribution in [0, 0.1) is 13.8 Å². The highest BCUT2D eigenvalue weighted by Crippen LogP contribution is 2.34. The number of benzene rings is 2. The van der Waals surface area contributed by atoms with E-state index in [0.29, 0.717) is 17.1 Å². The van der Waals surface area contributed by atoms with Gasteiger partial charge in [0.15, 0.2) is 11.5 Å². The smallest absolute Gasteiger partial charge is 0.251 e. The molecule has 1 aliphatic heterocycles. The second-order valence-electron chi connectivity index (χ2n) is 8.10. The molecule has 0 saturated heterocycles. The van der Waals surface area contributed by atoms with Crippen LogP contribution in [0.4, 0.5) is 0 Å². The molecule has 0 radical (unpaired) electrons. The summed E-state index contributed by atoms with van der Waals surface area (Å²) in [6.07, 6.45) is 5.10. The minimum Gasteiger partial charge on any atom is -0.454 e. The maximum absolute atomic E-state index is 12.7. The highest BCUT2D eigenvalue weighted by atomic mass is 16.7. The maximum Gasteiger partial charge on any atom is 0.251 e. The third kappa shape index (κ3) is 3.81. The van der Waals surface area contributed by atoms with Crippen molar-refractivity contribution in [2.75, 3.05) is 6.79 Å². The van der Waals surface area contributed by atoms with Gasteiger partial charge in [-0.2, -0.15) is 5.10 Å². The number of hydrogen-bond acceptors (Lipinski definition) is 4. The van der Waals surface area contributed by atoms with Gasteiger partial charge in [-0.05, 0) is 44.0 Å². The predicted octanol–water partition coefficient (Wildman–Crippen LogP) is 4.12. The van der Waals surface area contributed by atoms with Gasteiger partial charge in [0.05, 0.1) is 12.2 Å². The van der Waals surface area contributed by atoms with Gasteiger partial charge in [0.1, 0.15) is 0 Å². The Morgan fingerprint density at radius 3 is 2.74 bits per heavy atom. The normalized spacial score (nSPS) is 19.0. The third-order valence-electron chi connectivity index (χ3n) is 6.02. The fourth-order valence-corrected chi connectivity index (χ4v) is 4.47. The first kappa shape index (κ1) is 19.4. The molecule has 31 heavy (non-hydrogen) atoms. The Morgan fingerprint density at radius 1 is 1.10 bits per heavy atom. The third-order valence-corrected chi connectivity index (χ3v) is 6.02. The van der Waals surface area contributed by atoms with Crippen LogP contribution in [-0.4, -0.2) is 28.5 Å². The lowest BCUT2D eigenvalue weighted by Crippen LogP contribution is -2.32. The van der Waals surface area contributed by atoms with E-state index in [0.717, 1.165) is 18.7 Å². The van der Waals surface area contributed by atoms with Crippen molar-refractivity contribution in [1.82, 2.24) is 15.1 Å². The summed E-state index contributed by atoms with van der Waals surface area (Å²) in [5, 5.41) is 7.91. The van der Waals surface area contributed by atoms with Crippen LogP contribution in [0.1, 0.15) is 45.2 Å². The van der Waals surface area contributed by atoms with E-state index in [1.54, 1.807) is 18.2 Å². The van der Waals surface area contributed by atoms with Gasteiger partial charge in [-0.15, -0.1) is 0 Å². The summed E-state index contributed by atoms with van der Waals surface area (Å²) >= 11 is 0. The van der Waals surface area contributed by atoms with E-state index in [-0.39, 0.29) is 24.7 Å². The number of ether oxygens (including phenoxy) is 2. The van der Waals surface area contributed by atoms with E-state index in [1.165, 1.54) is 16.8 Å². The summed E-state index contributed by atoms with van der Waals surface area (Å²) in [7, 11) is 0. The molecule has 6 nitrogen and oxygen atoms in total. The number of nitrogens with zero attached hydrogens (tertiary/aromatic N) is 2. The molecule has 2 heterocycles. The van der Waals surface area contributed by atoms with Gasteiger partial charge in [0.2, 0.25) is 6.79 Å². The number of amides is 1. The first-order valence-corrected chi connectivity index (χ1v) is 10.5. The SMILES string of the molecule is Cc1nn(Cc2ccccc2)c(C)c1C1C=CC(NC(=O)c2ccc3c(c2)OCO3)C1. The number of carbonyl (C=O) groups excluding carboxylic acids is 1. The summed E-state index contributed by atoms with van der Waals surface area (Å²) in [6.45, 7) is 5.15. The van der Waals surface area contributed by atoms with E-state index < -0.39 is 0 Å². The first-order valence-electron chi connectivity index (χ1n) is 10.5. The average molecular weight is 415 g/mol. The van der Waals surface area contributed by atoms with Crippen LogP contribution < -0.4 is 14.8 Å². The van der Waals surface area contributed by atoms with Crippen LogP contribution in [0.15, 0.2) is 60.7 Å². The number of fused-ring (bicyclic) bond motifs is 1. The molecule has 0 bridgehead atoms. The van der Waals surface area contributed by atoms with Crippen molar-refractivity contribution in [3.8, 4) is 11.5 Å². The Hall–Kier alpha value is -3.54. The van der Waals surface area contributed by atoms with Crippen LogP contribution in [0.3, 0.4) is 0 Å². The van der Waals surface area contributed by atoms with Crippen LogP contribution >= 0.6 is 0 Å². The van der Waals surface area contributed by atoms with E-state index >= 15 is 0 Å². The molecule has 1 aliphatic carbocycles. The molecule has 3 aromatic rings. The fourth-order valence-electron chi connectivity index (χ4n) is 4.47. The minimum atomic E-state index is -0.109. The Kier molecular flexibility index (Phi) is 4.98. The van der Waals surface area contributed by atoms with Crippen molar-refractivity contribution in [2.24, 2.45) is 0 Å². The lowest BCUT2D eigenvalue weighted by atomic mass is 9.96. The predicted molar refractivity (Wildman–Crippen MR) is 118 cm³/mol. The van der Waals surface area contributed by atoms with Crippen molar-refractivity contribution in [1.29, 1.82) is 0 Å². The van der Waals surface area contributed by atoms with Crippen molar-refractivity contribution >= 4 is 5.91 Å². The van der Waals surface area contributed by atoms with Gasteiger partial charge in [-0.25, -0.2) is 0 Å². The van der Waals surface area contributed by atoms with Crippen molar-refractivity contribution < 1.29 is 14.3 Å². The van der Waals surface area contributed by atoms with Crippen LogP contribution in [0.5, 0.6) is 11.5 Å². The lowest BCUT2D eigenvalue weighted by Gasteiger charge is -2.15. The average Bonchev–Trinajstić information content (AvgIpc) is 3.48. The number of hydrogen-bond donors (Lipinski definition) is 1. The molecule has 6 heteroatoms. The number of nitrogens with one attached hydrogen (secondary N) is 1. The van der Waals surface area contributed by atoms with E-state index in [2.05, 4.69) is 60.3 Å². The molecule has 0 spiro atoms. The summed E-state index contributed by atoms with van der Waals surface area (Å²) in [4.78, 5) is 12.7. The first-order chi connectivity index (χ1) is 15.1. The van der Waals surface area contributed by atoms with Crippen molar-refractivity contribution in [3.63, 3.8) is 0 Å². The highest BCUT2D eigenvalue weighted by molar-refractivity contribution is 5.95. The molecule has 1 amide bonds. The quantitative estimate of drug-likeness (QED) is 0.637. The summed E-state index contributed by atoms with van der Waals surface area (Å²) in [6, 6.07) is 15.6. The van der Waals surface area contributed by atoms with Gasteiger partial charge < -0.3 is 14.8 Å². The monoisotopic (exact) mass is 415 g/mol. The summed E-state index contributed by atoms with van der Waals surface area (Å²) in [5.41, 5.74) is 5.29. The molecular weight excluding hydrogens is 390 g/mol. The fraction of sp³-hybridized carbons (Fsp3) is 0.280. The molecule has 2 aliphatic rings. The van der Waals surface area contributed by atoms with Gasteiger partial charge in [-0.3, -0.25) is 9.48 Å². The van der Waals surface area contributed by atoms with E-state index in [9.17, 15) is 4.79 Å². The molecule has 2 aromatic carbocycles. The number of carbonyl (C=O) groups is 1. The minimum absolute atomic E-state index is 0.0146. The molecule has 1 N–H and O–H groups in total. The molecule has 0 saturated carbocycles. The molecule has 0 fully saturated rings. The zero-order valence-electron chi connectivity index (χ0n) is 17.7. The Labute approximate surface area is 181 Å². The van der Waals surface area contributed by atoms with Crippen molar-refractivity contribution in [3.05, 3.63) is 88.8 Å². The van der Waals surface area contributed by atoms with Crippen LogP contribution in [-0.2, 0) is 6.54 Å². The Bertz CT molecular complexity index is 1150. The van der Waals surface area contributed by atoms with Gasteiger partial charge in [-0.1, -0.05) is 42.5 Å². The largest absolute Gasteiger partial charge is 0.454 e. The number of allylic oxidation sites excluding steroid dienone is 1. The van der Waals surface area contributed by atoms with Gasteiger partial charge in [0, 0.05) is 28.8 Å². The Morgan fingerprint density at radius 2 is 1.90 bits per heavy atom. The molecule has 2 atom stereocenters. The molecule has 2 unspecified atom stereocenters. The highest BCUT2D eigenvalue weighted by Gasteiger charge is 2.27. The topological polar surface area (TPSA) is 65.4 Å².